The molecule has 0 aliphatic carbocycles. The molecule has 4 aromatic carbocycles. The zero-order chi connectivity index (χ0) is 28.4. The third-order valence-electron chi connectivity index (χ3n) is 7.88. The Kier molecular flexibility index (Phi) is 7.68. The summed E-state index contributed by atoms with van der Waals surface area (Å²) in [5, 5.41) is 61.0. The van der Waals surface area contributed by atoms with E-state index in [-0.39, 0.29) is 46.8 Å². The maximum atomic E-state index is 10.7. The van der Waals surface area contributed by atoms with Crippen LogP contribution in [0.1, 0.15) is 61.8 Å². The van der Waals surface area contributed by atoms with Gasteiger partial charge in [-0.1, -0.05) is 57.2 Å². The summed E-state index contributed by atoms with van der Waals surface area (Å²) in [6.07, 6.45) is 1.57. The van der Waals surface area contributed by atoms with Gasteiger partial charge in [-0.2, -0.15) is 0 Å². The third-order valence-corrected chi connectivity index (χ3v) is 7.88. The van der Waals surface area contributed by atoms with Crippen LogP contribution in [0.2, 0.25) is 0 Å². The van der Waals surface area contributed by atoms with Crippen molar-refractivity contribution in [3.8, 4) is 34.5 Å². The maximum absolute atomic E-state index is 10.7. The van der Waals surface area contributed by atoms with Gasteiger partial charge in [-0.15, -0.1) is 0 Å². The Labute approximate surface area is 229 Å². The van der Waals surface area contributed by atoms with Crippen LogP contribution in [0.5, 0.6) is 34.5 Å². The van der Waals surface area contributed by atoms with Crippen molar-refractivity contribution < 1.29 is 30.6 Å². The molecule has 0 heterocycles. The Morgan fingerprint density at radius 3 is 1.44 bits per heavy atom. The number of hydrogen-bond acceptors (Lipinski definition) is 6. The molecule has 4 aromatic rings. The van der Waals surface area contributed by atoms with Gasteiger partial charge < -0.3 is 30.6 Å². The van der Waals surface area contributed by atoms with E-state index in [9.17, 15) is 30.6 Å². The van der Waals surface area contributed by atoms with Gasteiger partial charge in [0.1, 0.15) is 34.5 Å². The van der Waals surface area contributed by atoms with E-state index in [1.807, 2.05) is 36.4 Å². The van der Waals surface area contributed by atoms with E-state index in [1.165, 1.54) is 12.1 Å². The fraction of sp³-hybridized carbons (Fsp3) is 0.273. The van der Waals surface area contributed by atoms with Gasteiger partial charge in [0.05, 0.1) is 0 Å². The second-order valence-corrected chi connectivity index (χ2v) is 11.2. The molecule has 0 aliphatic heterocycles. The lowest BCUT2D eigenvalue weighted by atomic mass is 9.61. The zero-order valence-electron chi connectivity index (χ0n) is 22.5. The van der Waals surface area contributed by atoms with Crippen LogP contribution in [-0.2, 0) is 17.3 Å². The lowest BCUT2D eigenvalue weighted by Crippen LogP contribution is -2.37. The van der Waals surface area contributed by atoms with Crippen molar-refractivity contribution >= 4 is 0 Å². The monoisotopic (exact) mass is 528 g/mol. The molecule has 0 aliphatic rings. The van der Waals surface area contributed by atoms with Crippen LogP contribution in [0.4, 0.5) is 0 Å². The molecule has 0 saturated carbocycles. The largest absolute Gasteiger partial charge is 0.508 e. The molecule has 0 bridgehead atoms. The van der Waals surface area contributed by atoms with Crippen LogP contribution in [0.3, 0.4) is 0 Å². The fourth-order valence-electron chi connectivity index (χ4n) is 5.94. The van der Waals surface area contributed by atoms with Gasteiger partial charge in [-0.3, -0.25) is 0 Å². The number of phenols is 6. The second kappa shape index (κ2) is 10.8. The molecule has 4 rings (SSSR count). The highest BCUT2D eigenvalue weighted by atomic mass is 16.3. The van der Waals surface area contributed by atoms with Gasteiger partial charge >= 0.3 is 0 Å². The van der Waals surface area contributed by atoms with E-state index in [4.69, 9.17) is 0 Å². The summed E-state index contributed by atoms with van der Waals surface area (Å²) in [6.45, 7) is 6.38. The van der Waals surface area contributed by atoms with Gasteiger partial charge in [0.15, 0.2) is 0 Å². The average Bonchev–Trinajstić information content (AvgIpc) is 2.87. The van der Waals surface area contributed by atoms with Crippen LogP contribution in [-0.4, -0.2) is 30.6 Å². The molecule has 6 nitrogen and oxygen atoms in total. The normalized spacial score (nSPS) is 15.3. The molecule has 0 amide bonds. The molecule has 3 atom stereocenters. The van der Waals surface area contributed by atoms with Crippen molar-refractivity contribution in [2.45, 2.75) is 56.8 Å². The summed E-state index contributed by atoms with van der Waals surface area (Å²) in [7, 11) is 0. The Hall–Kier alpha value is -4.32. The SMILES string of the molecule is CC(CC(C)(CC(C)(Cc1c(O)cc(O)cc1O)c1ccc(O)cc1)c1ccc(O)cc1)c1ccc(O)cc1. The van der Waals surface area contributed by atoms with Crippen LogP contribution < -0.4 is 0 Å². The Morgan fingerprint density at radius 2 is 0.974 bits per heavy atom. The summed E-state index contributed by atoms with van der Waals surface area (Å²) in [5.74, 6) is 0.0237. The average molecular weight is 529 g/mol. The number of hydrogen-bond donors (Lipinski definition) is 6. The van der Waals surface area contributed by atoms with E-state index in [0.29, 0.717) is 12.0 Å². The molecule has 0 saturated heterocycles. The number of benzene rings is 4. The number of phenolic OH excluding ortho intramolecular Hbond substituents is 6. The van der Waals surface area contributed by atoms with Crippen molar-refractivity contribution in [1.82, 2.24) is 0 Å². The number of rotatable bonds is 9. The van der Waals surface area contributed by atoms with Gasteiger partial charge in [-0.05, 0) is 89.1 Å². The van der Waals surface area contributed by atoms with E-state index < -0.39 is 10.8 Å². The lowest BCUT2D eigenvalue weighted by molar-refractivity contribution is 0.272. The van der Waals surface area contributed by atoms with Crippen LogP contribution >= 0.6 is 0 Å². The highest BCUT2D eigenvalue weighted by molar-refractivity contribution is 5.50. The van der Waals surface area contributed by atoms with E-state index >= 15 is 0 Å². The first-order valence-electron chi connectivity index (χ1n) is 13.0. The molecular weight excluding hydrogens is 492 g/mol. The van der Waals surface area contributed by atoms with Gasteiger partial charge in [-0.25, -0.2) is 0 Å². The fourth-order valence-corrected chi connectivity index (χ4v) is 5.94. The Bertz CT molecular complexity index is 1390. The summed E-state index contributed by atoms with van der Waals surface area (Å²) >= 11 is 0. The third kappa shape index (κ3) is 6.23. The quantitative estimate of drug-likeness (QED) is 0.140. The first-order valence-corrected chi connectivity index (χ1v) is 13.0. The summed E-state index contributed by atoms with van der Waals surface area (Å²) in [6, 6.07) is 23.8. The van der Waals surface area contributed by atoms with Crippen LogP contribution in [0.25, 0.3) is 0 Å². The van der Waals surface area contributed by atoms with Crippen molar-refractivity contribution in [2.75, 3.05) is 0 Å². The first-order chi connectivity index (χ1) is 18.4. The predicted octanol–water partition coefficient (Wildman–Crippen LogP) is 6.96. The van der Waals surface area contributed by atoms with E-state index in [2.05, 4.69) is 20.8 Å². The standard InChI is InChI=1S/C33H36O6/c1-21(22-4-10-25(34)11-5-22)18-32(2,23-6-12-26(35)13-7-23)20-33(3,24-8-14-27(36)15-9-24)19-29-30(38)16-28(37)17-31(29)39/h4-17,21,34-39H,18-20H2,1-3H3. The topological polar surface area (TPSA) is 121 Å². The molecule has 3 unspecified atom stereocenters. The highest BCUT2D eigenvalue weighted by Crippen LogP contribution is 2.48. The minimum absolute atomic E-state index is 0.115. The second-order valence-electron chi connectivity index (χ2n) is 11.2. The maximum Gasteiger partial charge on any atom is 0.126 e. The molecule has 0 fully saturated rings. The van der Waals surface area contributed by atoms with E-state index in [0.717, 1.165) is 23.1 Å². The minimum Gasteiger partial charge on any atom is -0.508 e. The van der Waals surface area contributed by atoms with Crippen molar-refractivity contribution in [1.29, 1.82) is 0 Å². The summed E-state index contributed by atoms with van der Waals surface area (Å²) in [4.78, 5) is 0. The van der Waals surface area contributed by atoms with Gasteiger partial charge in [0.25, 0.3) is 0 Å². The summed E-state index contributed by atoms with van der Waals surface area (Å²) < 4.78 is 0. The molecule has 0 aromatic heterocycles. The van der Waals surface area contributed by atoms with Crippen LogP contribution in [0, 0.1) is 0 Å². The Balaban J connectivity index is 1.82. The Morgan fingerprint density at radius 1 is 0.564 bits per heavy atom. The molecule has 0 radical (unpaired) electrons. The molecule has 204 valence electrons. The molecule has 6 heteroatoms. The molecule has 6 N–H and O–H groups in total. The predicted molar refractivity (Wildman–Crippen MR) is 152 cm³/mol. The van der Waals surface area contributed by atoms with Gasteiger partial charge in [0.2, 0.25) is 0 Å². The van der Waals surface area contributed by atoms with Crippen molar-refractivity contribution in [2.24, 2.45) is 0 Å². The number of aromatic hydroxyl groups is 6. The van der Waals surface area contributed by atoms with Crippen molar-refractivity contribution in [3.05, 3.63) is 107 Å². The lowest BCUT2D eigenvalue weighted by Gasteiger charge is -2.42. The molecule has 39 heavy (non-hydrogen) atoms. The summed E-state index contributed by atoms with van der Waals surface area (Å²) in [5.41, 5.74) is 2.26. The smallest absolute Gasteiger partial charge is 0.126 e. The highest BCUT2D eigenvalue weighted by Gasteiger charge is 2.40. The minimum atomic E-state index is -0.638. The molecular formula is C33H36O6. The van der Waals surface area contributed by atoms with Crippen molar-refractivity contribution in [3.63, 3.8) is 0 Å². The van der Waals surface area contributed by atoms with Gasteiger partial charge in [0, 0.05) is 17.7 Å². The van der Waals surface area contributed by atoms with Crippen LogP contribution in [0.15, 0.2) is 84.9 Å². The zero-order valence-corrected chi connectivity index (χ0v) is 22.5. The van der Waals surface area contributed by atoms with E-state index in [1.54, 1.807) is 36.4 Å². The molecule has 0 spiro atoms. The first kappa shape index (κ1) is 27.7.